The summed E-state index contributed by atoms with van der Waals surface area (Å²) >= 11 is 7.69. The number of aryl methyl sites for hydroxylation is 1. The molecule has 0 fully saturated rings. The van der Waals surface area contributed by atoms with Gasteiger partial charge in [-0.05, 0) is 49.1 Å². The lowest BCUT2D eigenvalue weighted by molar-refractivity contribution is 0.478. The van der Waals surface area contributed by atoms with E-state index in [1.54, 1.807) is 17.8 Å². The fourth-order valence-corrected chi connectivity index (χ4v) is 2.13. The Morgan fingerprint density at radius 3 is 2.44 bits per heavy atom. The maximum absolute atomic E-state index is 5.99. The third-order valence-electron chi connectivity index (χ3n) is 2.58. The zero-order chi connectivity index (χ0) is 13.1. The van der Waals surface area contributed by atoms with E-state index in [-0.39, 0.29) is 0 Å². The Morgan fingerprint density at radius 2 is 1.83 bits per heavy atom. The predicted octanol–water partition coefficient (Wildman–Crippen LogP) is 4.74. The molecule has 4 heteroatoms. The zero-order valence-electron chi connectivity index (χ0n) is 10.2. The van der Waals surface area contributed by atoms with Crippen LogP contribution < -0.4 is 10.5 Å². The highest BCUT2D eigenvalue weighted by Crippen LogP contribution is 2.32. The molecule has 0 saturated carbocycles. The summed E-state index contributed by atoms with van der Waals surface area (Å²) in [5.74, 6) is 1.52. The molecular weight excluding hydrogens is 266 g/mol. The molecule has 94 valence electrons. The lowest BCUT2D eigenvalue weighted by Crippen LogP contribution is -1.92. The van der Waals surface area contributed by atoms with E-state index in [0.29, 0.717) is 10.7 Å². The van der Waals surface area contributed by atoms with E-state index in [1.165, 1.54) is 4.90 Å². The maximum atomic E-state index is 5.99. The topological polar surface area (TPSA) is 35.2 Å². The number of hydrogen-bond donors (Lipinski definition) is 1. The quantitative estimate of drug-likeness (QED) is 0.651. The van der Waals surface area contributed by atoms with Gasteiger partial charge in [0.05, 0.1) is 10.7 Å². The third-order valence-corrected chi connectivity index (χ3v) is 3.65. The van der Waals surface area contributed by atoms with Crippen LogP contribution >= 0.6 is 23.4 Å². The first kappa shape index (κ1) is 13.1. The van der Waals surface area contributed by atoms with Crippen LogP contribution in [0, 0.1) is 6.92 Å². The maximum Gasteiger partial charge on any atom is 0.131 e. The number of benzene rings is 2. The average molecular weight is 280 g/mol. The number of rotatable bonds is 3. The van der Waals surface area contributed by atoms with Crippen LogP contribution in [-0.4, -0.2) is 6.26 Å². The summed E-state index contributed by atoms with van der Waals surface area (Å²) in [4.78, 5) is 1.20. The van der Waals surface area contributed by atoms with Gasteiger partial charge in [-0.25, -0.2) is 0 Å². The number of halogens is 1. The fourth-order valence-electron chi connectivity index (χ4n) is 1.57. The number of thioether (sulfide) groups is 1. The normalized spacial score (nSPS) is 10.4. The first-order chi connectivity index (χ1) is 8.60. The van der Waals surface area contributed by atoms with Gasteiger partial charge in [0.15, 0.2) is 0 Å². The molecule has 0 bridgehead atoms. The minimum absolute atomic E-state index is 0.510. The van der Waals surface area contributed by atoms with E-state index < -0.39 is 0 Å². The first-order valence-electron chi connectivity index (χ1n) is 5.47. The molecule has 0 amide bonds. The molecule has 0 radical (unpaired) electrons. The van der Waals surface area contributed by atoms with Gasteiger partial charge in [0.25, 0.3) is 0 Å². The Labute approximate surface area is 116 Å². The van der Waals surface area contributed by atoms with Crippen LogP contribution in [0.15, 0.2) is 41.3 Å². The van der Waals surface area contributed by atoms with Gasteiger partial charge in [-0.3, -0.25) is 0 Å². The lowest BCUT2D eigenvalue weighted by atomic mass is 10.2. The molecule has 2 nitrogen and oxygen atoms in total. The zero-order valence-corrected chi connectivity index (χ0v) is 11.8. The summed E-state index contributed by atoms with van der Waals surface area (Å²) in [5, 5.41) is 0.510. The highest BCUT2D eigenvalue weighted by atomic mass is 35.5. The van der Waals surface area contributed by atoms with Crippen molar-refractivity contribution in [1.29, 1.82) is 0 Å². The van der Waals surface area contributed by atoms with E-state index >= 15 is 0 Å². The van der Waals surface area contributed by atoms with Crippen LogP contribution in [0.1, 0.15) is 5.56 Å². The van der Waals surface area contributed by atoms with Crippen molar-refractivity contribution in [1.82, 2.24) is 0 Å². The molecule has 0 aromatic heterocycles. The van der Waals surface area contributed by atoms with Gasteiger partial charge in [0.2, 0.25) is 0 Å². The Morgan fingerprint density at radius 1 is 1.17 bits per heavy atom. The van der Waals surface area contributed by atoms with Crippen LogP contribution in [-0.2, 0) is 0 Å². The molecule has 0 unspecified atom stereocenters. The fraction of sp³-hybridized carbons (Fsp3) is 0.143. The van der Waals surface area contributed by atoms with Gasteiger partial charge in [0.1, 0.15) is 11.5 Å². The average Bonchev–Trinajstić information content (AvgIpc) is 2.37. The smallest absolute Gasteiger partial charge is 0.131 e. The second-order valence-corrected chi connectivity index (χ2v) is 5.20. The third kappa shape index (κ3) is 2.92. The van der Waals surface area contributed by atoms with Crippen LogP contribution in [0.3, 0.4) is 0 Å². The van der Waals surface area contributed by atoms with Crippen molar-refractivity contribution < 1.29 is 4.74 Å². The molecule has 0 heterocycles. The summed E-state index contributed by atoms with van der Waals surface area (Å²) in [6.07, 6.45) is 2.04. The number of ether oxygens (including phenoxy) is 1. The second kappa shape index (κ2) is 5.55. The Hall–Kier alpha value is -1.32. The summed E-state index contributed by atoms with van der Waals surface area (Å²) in [6, 6.07) is 11.5. The summed E-state index contributed by atoms with van der Waals surface area (Å²) < 4.78 is 5.80. The standard InChI is InChI=1S/C14H14ClNOS/c1-9-7-13(16)12(15)8-14(9)17-10-3-5-11(18-2)6-4-10/h3-8H,16H2,1-2H3. The summed E-state index contributed by atoms with van der Waals surface area (Å²) in [7, 11) is 0. The minimum Gasteiger partial charge on any atom is -0.457 e. The van der Waals surface area contributed by atoms with Crippen molar-refractivity contribution in [3.05, 3.63) is 47.0 Å². The van der Waals surface area contributed by atoms with Gasteiger partial charge in [-0.15, -0.1) is 11.8 Å². The number of nitrogen functional groups attached to an aromatic ring is 1. The molecule has 2 N–H and O–H groups in total. The van der Waals surface area contributed by atoms with Gasteiger partial charge >= 0.3 is 0 Å². The van der Waals surface area contributed by atoms with Crippen molar-refractivity contribution in [3.63, 3.8) is 0 Å². The predicted molar refractivity (Wildman–Crippen MR) is 78.9 cm³/mol. The van der Waals surface area contributed by atoms with Gasteiger partial charge < -0.3 is 10.5 Å². The van der Waals surface area contributed by atoms with E-state index in [2.05, 4.69) is 0 Å². The summed E-state index contributed by atoms with van der Waals surface area (Å²) in [6.45, 7) is 1.94. The van der Waals surface area contributed by atoms with Gasteiger partial charge in [0, 0.05) is 11.0 Å². The monoisotopic (exact) mass is 279 g/mol. The van der Waals surface area contributed by atoms with Crippen LogP contribution in [0.2, 0.25) is 5.02 Å². The highest BCUT2D eigenvalue weighted by molar-refractivity contribution is 7.98. The molecule has 2 aromatic rings. The van der Waals surface area contributed by atoms with E-state index in [0.717, 1.165) is 17.1 Å². The van der Waals surface area contributed by atoms with Crippen molar-refractivity contribution in [3.8, 4) is 11.5 Å². The van der Waals surface area contributed by atoms with Crippen molar-refractivity contribution >= 4 is 29.1 Å². The largest absolute Gasteiger partial charge is 0.457 e. The Balaban J connectivity index is 2.25. The Kier molecular flexibility index (Phi) is 4.04. The number of nitrogens with two attached hydrogens (primary N) is 1. The molecule has 0 spiro atoms. The van der Waals surface area contributed by atoms with Crippen LogP contribution in [0.4, 0.5) is 5.69 Å². The van der Waals surface area contributed by atoms with Crippen molar-refractivity contribution in [2.75, 3.05) is 12.0 Å². The summed E-state index contributed by atoms with van der Waals surface area (Å²) in [5.41, 5.74) is 7.26. The highest BCUT2D eigenvalue weighted by Gasteiger charge is 2.06. The van der Waals surface area contributed by atoms with Crippen LogP contribution in [0.5, 0.6) is 11.5 Å². The van der Waals surface area contributed by atoms with E-state index in [1.807, 2.05) is 43.5 Å². The molecular formula is C14H14ClNOS. The van der Waals surface area contributed by atoms with Crippen molar-refractivity contribution in [2.24, 2.45) is 0 Å². The number of anilines is 1. The molecule has 2 rings (SSSR count). The van der Waals surface area contributed by atoms with E-state index in [4.69, 9.17) is 22.1 Å². The molecule has 0 aliphatic rings. The van der Waals surface area contributed by atoms with Crippen molar-refractivity contribution in [2.45, 2.75) is 11.8 Å². The van der Waals surface area contributed by atoms with Gasteiger partial charge in [-0.2, -0.15) is 0 Å². The molecule has 2 aromatic carbocycles. The molecule has 18 heavy (non-hydrogen) atoms. The molecule has 0 aliphatic carbocycles. The van der Waals surface area contributed by atoms with Gasteiger partial charge in [-0.1, -0.05) is 11.6 Å². The first-order valence-corrected chi connectivity index (χ1v) is 7.08. The molecule has 0 atom stereocenters. The van der Waals surface area contributed by atoms with Crippen LogP contribution in [0.25, 0.3) is 0 Å². The molecule has 0 saturated heterocycles. The molecule has 0 aliphatic heterocycles. The Bertz CT molecular complexity index is 554. The van der Waals surface area contributed by atoms with E-state index in [9.17, 15) is 0 Å². The SMILES string of the molecule is CSc1ccc(Oc2cc(Cl)c(N)cc2C)cc1. The lowest BCUT2D eigenvalue weighted by Gasteiger charge is -2.10. The number of hydrogen-bond acceptors (Lipinski definition) is 3. The second-order valence-electron chi connectivity index (χ2n) is 3.92. The minimum atomic E-state index is 0.510.